The Morgan fingerprint density at radius 2 is 2.04 bits per heavy atom. The molecule has 25 heavy (non-hydrogen) atoms. The molecule has 0 unspecified atom stereocenters. The molecule has 0 spiro atoms. The zero-order valence-corrected chi connectivity index (χ0v) is 15.1. The Morgan fingerprint density at radius 3 is 2.72 bits per heavy atom. The average molecular weight is 359 g/mol. The number of pyridine rings is 1. The van der Waals surface area contributed by atoms with E-state index in [0.717, 1.165) is 11.1 Å². The molecule has 7 heteroatoms. The molecule has 0 radical (unpaired) electrons. The van der Waals surface area contributed by atoms with Crippen molar-refractivity contribution in [1.82, 2.24) is 14.6 Å². The van der Waals surface area contributed by atoms with E-state index in [4.69, 9.17) is 0 Å². The van der Waals surface area contributed by atoms with E-state index in [2.05, 4.69) is 9.71 Å². The maximum absolute atomic E-state index is 12.6. The van der Waals surface area contributed by atoms with Crippen LogP contribution in [0, 0.1) is 0 Å². The van der Waals surface area contributed by atoms with Crippen molar-refractivity contribution < 1.29 is 13.2 Å². The first kappa shape index (κ1) is 17.6. The lowest BCUT2D eigenvalue weighted by atomic mass is 9.99. The van der Waals surface area contributed by atoms with Crippen LogP contribution in [0.2, 0.25) is 0 Å². The Hall–Kier alpha value is -2.25. The SMILES string of the molecule is CC(C)NS(=O)(=O)c1ccc2c(c1)CN(C(=O)c1cccnc1)CC2. The first-order chi connectivity index (χ1) is 11.9. The number of hydrogen-bond acceptors (Lipinski definition) is 4. The number of carbonyl (C=O) groups is 1. The van der Waals surface area contributed by atoms with Gasteiger partial charge in [0.25, 0.3) is 5.91 Å². The number of carbonyl (C=O) groups excluding carboxylic acids is 1. The molecule has 1 amide bonds. The molecule has 2 aromatic rings. The zero-order chi connectivity index (χ0) is 18.0. The monoisotopic (exact) mass is 359 g/mol. The highest BCUT2D eigenvalue weighted by molar-refractivity contribution is 7.89. The minimum absolute atomic E-state index is 0.0904. The van der Waals surface area contributed by atoms with Crippen LogP contribution in [-0.2, 0) is 23.0 Å². The molecule has 1 aliphatic heterocycles. The third-order valence-electron chi connectivity index (χ3n) is 4.09. The summed E-state index contributed by atoms with van der Waals surface area (Å²) < 4.78 is 27.3. The second kappa shape index (κ2) is 6.93. The Labute approximate surface area is 147 Å². The van der Waals surface area contributed by atoms with Crippen molar-refractivity contribution >= 4 is 15.9 Å². The number of fused-ring (bicyclic) bond motifs is 1. The molecule has 0 atom stereocenters. The minimum Gasteiger partial charge on any atom is -0.334 e. The van der Waals surface area contributed by atoms with Crippen LogP contribution in [0.15, 0.2) is 47.6 Å². The lowest BCUT2D eigenvalue weighted by Crippen LogP contribution is -2.36. The molecule has 0 fully saturated rings. The lowest BCUT2D eigenvalue weighted by Gasteiger charge is -2.29. The molecule has 0 aliphatic carbocycles. The number of hydrogen-bond donors (Lipinski definition) is 1. The minimum atomic E-state index is -3.55. The van der Waals surface area contributed by atoms with Gasteiger partial charge in [0.1, 0.15) is 0 Å². The molecule has 0 bridgehead atoms. The summed E-state index contributed by atoms with van der Waals surface area (Å²) in [5.41, 5.74) is 2.49. The third-order valence-corrected chi connectivity index (χ3v) is 5.74. The van der Waals surface area contributed by atoms with E-state index in [-0.39, 0.29) is 16.8 Å². The van der Waals surface area contributed by atoms with E-state index in [9.17, 15) is 13.2 Å². The maximum Gasteiger partial charge on any atom is 0.255 e. The van der Waals surface area contributed by atoms with E-state index in [1.165, 1.54) is 0 Å². The number of aromatic nitrogens is 1. The van der Waals surface area contributed by atoms with Crippen molar-refractivity contribution in [3.63, 3.8) is 0 Å². The van der Waals surface area contributed by atoms with Crippen LogP contribution in [0.5, 0.6) is 0 Å². The van der Waals surface area contributed by atoms with Crippen LogP contribution >= 0.6 is 0 Å². The van der Waals surface area contributed by atoms with Gasteiger partial charge in [-0.05, 0) is 55.7 Å². The molecule has 1 aliphatic rings. The van der Waals surface area contributed by atoms with E-state index < -0.39 is 10.0 Å². The van der Waals surface area contributed by atoms with Gasteiger partial charge in [-0.2, -0.15) is 0 Å². The van der Waals surface area contributed by atoms with E-state index >= 15 is 0 Å². The first-order valence-electron chi connectivity index (χ1n) is 8.20. The van der Waals surface area contributed by atoms with E-state index in [1.807, 2.05) is 6.07 Å². The number of amides is 1. The summed E-state index contributed by atoms with van der Waals surface area (Å²) in [6.45, 7) is 4.57. The molecule has 1 N–H and O–H groups in total. The van der Waals surface area contributed by atoms with Gasteiger partial charge in [-0.1, -0.05) is 6.07 Å². The predicted molar refractivity (Wildman–Crippen MR) is 94.6 cm³/mol. The van der Waals surface area contributed by atoms with Gasteiger partial charge in [-0.25, -0.2) is 13.1 Å². The molecule has 6 nitrogen and oxygen atoms in total. The van der Waals surface area contributed by atoms with Crippen LogP contribution in [-0.4, -0.2) is 36.8 Å². The lowest BCUT2D eigenvalue weighted by molar-refractivity contribution is 0.0734. The molecule has 132 valence electrons. The fourth-order valence-electron chi connectivity index (χ4n) is 2.92. The van der Waals surface area contributed by atoms with Gasteiger partial charge in [0.05, 0.1) is 10.5 Å². The Kier molecular flexibility index (Phi) is 4.87. The third kappa shape index (κ3) is 3.88. The van der Waals surface area contributed by atoms with Crippen molar-refractivity contribution in [2.45, 2.75) is 37.8 Å². The smallest absolute Gasteiger partial charge is 0.255 e. The maximum atomic E-state index is 12.6. The van der Waals surface area contributed by atoms with E-state index in [1.54, 1.807) is 55.4 Å². The molecule has 1 aromatic heterocycles. The molecule has 1 aromatic carbocycles. The van der Waals surface area contributed by atoms with E-state index in [0.29, 0.717) is 25.1 Å². The largest absolute Gasteiger partial charge is 0.334 e. The van der Waals surface area contributed by atoms with Gasteiger partial charge in [0.2, 0.25) is 10.0 Å². The molecule has 0 saturated heterocycles. The second-order valence-electron chi connectivity index (χ2n) is 6.42. The van der Waals surface area contributed by atoms with Crippen molar-refractivity contribution in [3.8, 4) is 0 Å². The van der Waals surface area contributed by atoms with Crippen molar-refractivity contribution in [3.05, 3.63) is 59.4 Å². The summed E-state index contributed by atoms with van der Waals surface area (Å²) in [6, 6.07) is 8.43. The average Bonchev–Trinajstić information content (AvgIpc) is 2.60. The Morgan fingerprint density at radius 1 is 1.24 bits per heavy atom. The zero-order valence-electron chi connectivity index (χ0n) is 14.3. The number of benzene rings is 1. The first-order valence-corrected chi connectivity index (χ1v) is 9.68. The number of rotatable bonds is 4. The van der Waals surface area contributed by atoms with Gasteiger partial charge in [-0.3, -0.25) is 9.78 Å². The molecule has 0 saturated carbocycles. The second-order valence-corrected chi connectivity index (χ2v) is 8.14. The van der Waals surface area contributed by atoms with Gasteiger partial charge >= 0.3 is 0 Å². The summed E-state index contributed by atoms with van der Waals surface area (Å²) in [4.78, 5) is 18.5. The summed E-state index contributed by atoms with van der Waals surface area (Å²) in [7, 11) is -3.55. The van der Waals surface area contributed by atoms with Crippen molar-refractivity contribution in [1.29, 1.82) is 0 Å². The fraction of sp³-hybridized carbons (Fsp3) is 0.333. The number of sulfonamides is 1. The van der Waals surface area contributed by atoms with Gasteiger partial charge < -0.3 is 4.90 Å². The normalized spacial score (nSPS) is 14.4. The molecular weight excluding hydrogens is 338 g/mol. The van der Waals surface area contributed by atoms with Crippen molar-refractivity contribution in [2.24, 2.45) is 0 Å². The highest BCUT2D eigenvalue weighted by Crippen LogP contribution is 2.23. The summed E-state index contributed by atoms with van der Waals surface area (Å²) in [5, 5.41) is 0. The standard InChI is InChI=1S/C18H21N3O3S/c1-13(2)20-25(23,24)17-6-5-14-7-9-21(12-16(14)10-17)18(22)15-4-3-8-19-11-15/h3-6,8,10-11,13,20H,7,9,12H2,1-2H3. The highest BCUT2D eigenvalue weighted by atomic mass is 32.2. The molecule has 2 heterocycles. The number of nitrogens with zero attached hydrogens (tertiary/aromatic N) is 2. The number of nitrogens with one attached hydrogen (secondary N) is 1. The van der Waals surface area contributed by atoms with Gasteiger partial charge in [0, 0.05) is 31.5 Å². The van der Waals surface area contributed by atoms with Crippen molar-refractivity contribution in [2.75, 3.05) is 6.54 Å². The summed E-state index contributed by atoms with van der Waals surface area (Å²) >= 11 is 0. The van der Waals surface area contributed by atoms with Crippen LogP contribution in [0.25, 0.3) is 0 Å². The summed E-state index contributed by atoms with van der Waals surface area (Å²) in [5.74, 6) is -0.0904. The van der Waals surface area contributed by atoms with Crippen LogP contribution in [0.1, 0.15) is 35.3 Å². The molecule has 3 rings (SSSR count). The van der Waals surface area contributed by atoms with Crippen LogP contribution < -0.4 is 4.72 Å². The Balaban J connectivity index is 1.85. The highest BCUT2D eigenvalue weighted by Gasteiger charge is 2.24. The van der Waals surface area contributed by atoms with Gasteiger partial charge in [-0.15, -0.1) is 0 Å². The summed E-state index contributed by atoms with van der Waals surface area (Å²) in [6.07, 6.45) is 3.88. The quantitative estimate of drug-likeness (QED) is 0.905. The van der Waals surface area contributed by atoms with Gasteiger partial charge in [0.15, 0.2) is 0 Å². The Bertz CT molecular complexity index is 880. The van der Waals surface area contributed by atoms with Crippen LogP contribution in [0.4, 0.5) is 0 Å². The predicted octanol–water partition coefficient (Wildman–Crippen LogP) is 1.97. The van der Waals surface area contributed by atoms with Crippen LogP contribution in [0.3, 0.4) is 0 Å². The fourth-order valence-corrected chi connectivity index (χ4v) is 4.23. The molecular formula is C18H21N3O3S. The topological polar surface area (TPSA) is 79.4 Å².